The minimum absolute atomic E-state index is 0.148. The van der Waals surface area contributed by atoms with E-state index in [1.54, 1.807) is 0 Å². The molecule has 2 unspecified atom stereocenters. The van der Waals surface area contributed by atoms with Crippen LogP contribution in [0.4, 0.5) is 10.5 Å². The first-order valence-corrected chi connectivity index (χ1v) is 7.32. The Hall–Kier alpha value is -1.56. The van der Waals surface area contributed by atoms with Crippen LogP contribution in [0, 0.1) is 13.8 Å². The number of anilines is 1. The Labute approximate surface area is 119 Å². The van der Waals surface area contributed by atoms with E-state index in [9.17, 15) is 9.90 Å². The van der Waals surface area contributed by atoms with E-state index in [-0.39, 0.29) is 12.1 Å². The summed E-state index contributed by atoms with van der Waals surface area (Å²) in [7, 11) is 0. The monoisotopic (exact) mass is 280 g/mol. The molecule has 20 heavy (non-hydrogen) atoms. The molecule has 0 spiro atoms. The standard InChI is InChI=1S/C14H24N4O2/c1-4-18-10(3)13(9(2)17-18)16-14(20)15-11-7-5-6-8-12(11)19/h11-12,19H,4-8H2,1-3H3,(H2,15,16,20). The van der Waals surface area contributed by atoms with E-state index in [0.717, 1.165) is 49.3 Å². The molecule has 1 fully saturated rings. The van der Waals surface area contributed by atoms with Crippen molar-refractivity contribution in [3.8, 4) is 0 Å². The lowest BCUT2D eigenvalue weighted by Crippen LogP contribution is -2.46. The molecule has 1 aromatic heterocycles. The van der Waals surface area contributed by atoms with E-state index in [1.807, 2.05) is 25.5 Å². The number of nitrogens with zero attached hydrogens (tertiary/aromatic N) is 2. The predicted molar refractivity (Wildman–Crippen MR) is 77.8 cm³/mol. The molecule has 3 N–H and O–H groups in total. The smallest absolute Gasteiger partial charge is 0.319 e. The van der Waals surface area contributed by atoms with Gasteiger partial charge in [-0.3, -0.25) is 4.68 Å². The lowest BCUT2D eigenvalue weighted by Gasteiger charge is -2.28. The molecule has 0 aliphatic heterocycles. The van der Waals surface area contributed by atoms with Gasteiger partial charge in [-0.25, -0.2) is 4.79 Å². The number of aromatic nitrogens is 2. The summed E-state index contributed by atoms with van der Waals surface area (Å²) < 4.78 is 1.86. The summed E-state index contributed by atoms with van der Waals surface area (Å²) in [6.45, 7) is 6.61. The molecule has 2 rings (SSSR count). The van der Waals surface area contributed by atoms with Crippen LogP contribution in [0.25, 0.3) is 0 Å². The summed E-state index contributed by atoms with van der Waals surface area (Å²) in [5.41, 5.74) is 2.52. The molecule has 112 valence electrons. The highest BCUT2D eigenvalue weighted by atomic mass is 16.3. The molecule has 1 saturated carbocycles. The van der Waals surface area contributed by atoms with E-state index in [1.165, 1.54) is 0 Å². The van der Waals surface area contributed by atoms with Gasteiger partial charge in [0, 0.05) is 6.54 Å². The zero-order chi connectivity index (χ0) is 14.7. The summed E-state index contributed by atoms with van der Waals surface area (Å²) in [5, 5.41) is 20.0. The highest BCUT2D eigenvalue weighted by Gasteiger charge is 2.25. The van der Waals surface area contributed by atoms with Crippen molar-refractivity contribution in [1.29, 1.82) is 0 Å². The number of aliphatic hydroxyl groups excluding tert-OH is 1. The van der Waals surface area contributed by atoms with Gasteiger partial charge < -0.3 is 15.7 Å². The van der Waals surface area contributed by atoms with Crippen molar-refractivity contribution in [2.75, 3.05) is 5.32 Å². The van der Waals surface area contributed by atoms with E-state index < -0.39 is 6.10 Å². The van der Waals surface area contributed by atoms with Crippen LogP contribution in [0.5, 0.6) is 0 Å². The molecule has 0 saturated heterocycles. The molecular formula is C14H24N4O2. The van der Waals surface area contributed by atoms with Crippen LogP contribution in [-0.4, -0.2) is 33.1 Å². The van der Waals surface area contributed by atoms with Gasteiger partial charge >= 0.3 is 6.03 Å². The van der Waals surface area contributed by atoms with Gasteiger partial charge in [-0.05, 0) is 33.6 Å². The average molecular weight is 280 g/mol. The normalized spacial score (nSPS) is 22.6. The lowest BCUT2D eigenvalue weighted by molar-refractivity contribution is 0.0955. The van der Waals surface area contributed by atoms with Crippen molar-refractivity contribution < 1.29 is 9.90 Å². The predicted octanol–water partition coefficient (Wildman–Crippen LogP) is 1.94. The van der Waals surface area contributed by atoms with Crippen molar-refractivity contribution in [3.63, 3.8) is 0 Å². The molecule has 0 radical (unpaired) electrons. The summed E-state index contributed by atoms with van der Waals surface area (Å²) in [6.07, 6.45) is 3.24. The minimum Gasteiger partial charge on any atom is -0.391 e. The number of hydrogen-bond donors (Lipinski definition) is 3. The number of urea groups is 1. The van der Waals surface area contributed by atoms with E-state index in [2.05, 4.69) is 15.7 Å². The third-order valence-electron chi connectivity index (χ3n) is 3.97. The third kappa shape index (κ3) is 3.12. The number of nitrogens with one attached hydrogen (secondary N) is 2. The van der Waals surface area contributed by atoms with Gasteiger partial charge in [-0.2, -0.15) is 5.10 Å². The van der Waals surface area contributed by atoms with Crippen molar-refractivity contribution in [3.05, 3.63) is 11.4 Å². The summed E-state index contributed by atoms with van der Waals surface area (Å²) >= 11 is 0. The highest BCUT2D eigenvalue weighted by Crippen LogP contribution is 2.21. The molecule has 1 aliphatic rings. The van der Waals surface area contributed by atoms with Gasteiger partial charge in [0.25, 0.3) is 0 Å². The van der Waals surface area contributed by atoms with Crippen molar-refractivity contribution >= 4 is 11.7 Å². The number of carbonyl (C=O) groups excluding carboxylic acids is 1. The van der Waals surface area contributed by atoms with Crippen LogP contribution in [0.3, 0.4) is 0 Å². The Balaban J connectivity index is 1.99. The molecule has 0 bridgehead atoms. The van der Waals surface area contributed by atoms with Crippen LogP contribution in [-0.2, 0) is 6.54 Å². The summed E-state index contributed by atoms with van der Waals surface area (Å²) in [5.74, 6) is 0. The Bertz CT molecular complexity index is 484. The fraction of sp³-hybridized carbons (Fsp3) is 0.714. The Morgan fingerprint density at radius 2 is 2.10 bits per heavy atom. The number of aliphatic hydroxyl groups is 1. The van der Waals surface area contributed by atoms with Crippen molar-refractivity contribution in [2.45, 2.75) is 65.1 Å². The van der Waals surface area contributed by atoms with Gasteiger partial charge in [0.2, 0.25) is 0 Å². The third-order valence-corrected chi connectivity index (χ3v) is 3.97. The molecule has 2 atom stereocenters. The van der Waals surface area contributed by atoms with Crippen LogP contribution in [0.2, 0.25) is 0 Å². The van der Waals surface area contributed by atoms with E-state index >= 15 is 0 Å². The second-order valence-corrected chi connectivity index (χ2v) is 5.42. The quantitative estimate of drug-likeness (QED) is 0.791. The van der Waals surface area contributed by atoms with Crippen LogP contribution < -0.4 is 10.6 Å². The molecule has 6 heteroatoms. The molecule has 2 amide bonds. The van der Waals surface area contributed by atoms with Gasteiger partial charge in [-0.15, -0.1) is 0 Å². The zero-order valence-electron chi connectivity index (χ0n) is 12.4. The van der Waals surface area contributed by atoms with Gasteiger partial charge in [-0.1, -0.05) is 12.8 Å². The first-order chi connectivity index (χ1) is 9.52. The topological polar surface area (TPSA) is 79.2 Å². The molecule has 6 nitrogen and oxygen atoms in total. The maximum Gasteiger partial charge on any atom is 0.319 e. The summed E-state index contributed by atoms with van der Waals surface area (Å²) in [4.78, 5) is 12.1. The lowest BCUT2D eigenvalue weighted by atomic mass is 9.93. The van der Waals surface area contributed by atoms with Gasteiger partial charge in [0.15, 0.2) is 0 Å². The number of amides is 2. The SMILES string of the molecule is CCn1nc(C)c(NC(=O)NC2CCCCC2O)c1C. The second kappa shape index (κ2) is 6.26. The highest BCUT2D eigenvalue weighted by molar-refractivity contribution is 5.90. The fourth-order valence-corrected chi connectivity index (χ4v) is 2.78. The van der Waals surface area contributed by atoms with E-state index in [4.69, 9.17) is 0 Å². The zero-order valence-corrected chi connectivity index (χ0v) is 12.4. The number of hydrogen-bond acceptors (Lipinski definition) is 3. The van der Waals surface area contributed by atoms with Gasteiger partial charge in [0.05, 0.1) is 29.2 Å². The molecular weight excluding hydrogens is 256 g/mol. The van der Waals surface area contributed by atoms with E-state index in [0.29, 0.717) is 0 Å². The van der Waals surface area contributed by atoms with Crippen LogP contribution in [0.1, 0.15) is 44.0 Å². The van der Waals surface area contributed by atoms with Crippen LogP contribution >= 0.6 is 0 Å². The second-order valence-electron chi connectivity index (χ2n) is 5.42. The average Bonchev–Trinajstić information content (AvgIpc) is 2.69. The molecule has 1 heterocycles. The van der Waals surface area contributed by atoms with Gasteiger partial charge in [0.1, 0.15) is 0 Å². The van der Waals surface area contributed by atoms with Crippen LogP contribution in [0.15, 0.2) is 0 Å². The molecule has 1 aromatic rings. The largest absolute Gasteiger partial charge is 0.391 e. The Morgan fingerprint density at radius 1 is 1.40 bits per heavy atom. The maximum atomic E-state index is 12.1. The van der Waals surface area contributed by atoms with Crippen molar-refractivity contribution in [1.82, 2.24) is 15.1 Å². The minimum atomic E-state index is -0.435. The Kier molecular flexibility index (Phi) is 4.65. The molecule has 0 aromatic carbocycles. The molecule has 1 aliphatic carbocycles. The fourth-order valence-electron chi connectivity index (χ4n) is 2.78. The number of rotatable bonds is 3. The first-order valence-electron chi connectivity index (χ1n) is 7.32. The number of aryl methyl sites for hydroxylation is 2. The van der Waals surface area contributed by atoms with Crippen molar-refractivity contribution in [2.24, 2.45) is 0 Å². The maximum absolute atomic E-state index is 12.1. The first kappa shape index (κ1) is 14.8. The Morgan fingerprint density at radius 3 is 2.70 bits per heavy atom. The summed E-state index contributed by atoms with van der Waals surface area (Å²) in [6, 6.07) is -0.414. The number of carbonyl (C=O) groups is 1.